The van der Waals surface area contributed by atoms with Gasteiger partial charge in [-0.3, -0.25) is 4.79 Å². The molecule has 0 saturated carbocycles. The molecule has 0 radical (unpaired) electrons. The van der Waals surface area contributed by atoms with Crippen molar-refractivity contribution >= 4 is 5.91 Å². The zero-order valence-electron chi connectivity index (χ0n) is 11.2. The van der Waals surface area contributed by atoms with Gasteiger partial charge in [-0.2, -0.15) is 0 Å². The van der Waals surface area contributed by atoms with Crippen LogP contribution < -0.4 is 5.32 Å². The van der Waals surface area contributed by atoms with Crippen LogP contribution in [0.4, 0.5) is 4.39 Å². The van der Waals surface area contributed by atoms with E-state index in [9.17, 15) is 9.18 Å². The Balaban J connectivity index is 2.10. The van der Waals surface area contributed by atoms with Crippen LogP contribution in [-0.4, -0.2) is 5.91 Å². The average Bonchev–Trinajstić information content (AvgIpc) is 2.69. The van der Waals surface area contributed by atoms with Crippen LogP contribution in [-0.2, 0) is 0 Å². The van der Waals surface area contributed by atoms with Gasteiger partial charge in [-0.1, -0.05) is 0 Å². The Hall–Kier alpha value is -2.10. The predicted molar refractivity (Wildman–Crippen MR) is 70.5 cm³/mol. The molecule has 1 heterocycles. The van der Waals surface area contributed by atoms with Gasteiger partial charge in [0.2, 0.25) is 0 Å². The molecule has 0 fully saturated rings. The van der Waals surface area contributed by atoms with E-state index in [1.807, 2.05) is 26.8 Å². The van der Waals surface area contributed by atoms with Crippen LogP contribution in [0.2, 0.25) is 0 Å². The molecule has 2 aromatic rings. The molecule has 2 rings (SSSR count). The first-order valence-electron chi connectivity index (χ1n) is 6.10. The summed E-state index contributed by atoms with van der Waals surface area (Å²) >= 11 is 0. The van der Waals surface area contributed by atoms with Crippen LogP contribution in [0.25, 0.3) is 0 Å². The second kappa shape index (κ2) is 5.26. The smallest absolute Gasteiger partial charge is 0.251 e. The summed E-state index contributed by atoms with van der Waals surface area (Å²) in [7, 11) is 0. The lowest BCUT2D eigenvalue weighted by atomic mass is 10.1. The van der Waals surface area contributed by atoms with E-state index < -0.39 is 0 Å². The molecule has 1 amide bonds. The summed E-state index contributed by atoms with van der Waals surface area (Å²) in [5.41, 5.74) is 1.39. The van der Waals surface area contributed by atoms with Gasteiger partial charge >= 0.3 is 0 Å². The fourth-order valence-corrected chi connectivity index (χ4v) is 2.04. The van der Waals surface area contributed by atoms with Crippen molar-refractivity contribution in [1.82, 2.24) is 5.32 Å². The van der Waals surface area contributed by atoms with Crippen molar-refractivity contribution in [1.29, 1.82) is 0 Å². The summed E-state index contributed by atoms with van der Waals surface area (Å²) in [5.74, 6) is 1.02. The molecule has 1 atom stereocenters. The number of carbonyl (C=O) groups is 1. The standard InChI is InChI=1S/C15H16FNO2/c1-9-8-14(11(3)19-9)10(2)17-15(18)12-4-6-13(16)7-5-12/h4-8,10H,1-3H3,(H,17,18). The van der Waals surface area contributed by atoms with Crippen LogP contribution >= 0.6 is 0 Å². The lowest BCUT2D eigenvalue weighted by molar-refractivity contribution is 0.0939. The quantitative estimate of drug-likeness (QED) is 0.918. The van der Waals surface area contributed by atoms with Crippen LogP contribution in [0.15, 0.2) is 34.7 Å². The normalized spacial score (nSPS) is 12.2. The molecule has 1 aromatic carbocycles. The third kappa shape index (κ3) is 3.02. The molecular formula is C15H16FNO2. The Bertz CT molecular complexity index is 587. The molecule has 0 saturated heterocycles. The minimum absolute atomic E-state index is 0.157. The highest BCUT2D eigenvalue weighted by molar-refractivity contribution is 5.94. The highest BCUT2D eigenvalue weighted by atomic mass is 19.1. The first kappa shape index (κ1) is 13.3. The number of carbonyl (C=O) groups excluding carboxylic acids is 1. The maximum Gasteiger partial charge on any atom is 0.251 e. The van der Waals surface area contributed by atoms with E-state index in [-0.39, 0.29) is 17.8 Å². The summed E-state index contributed by atoms with van der Waals surface area (Å²) in [5, 5.41) is 2.86. The van der Waals surface area contributed by atoms with E-state index in [0.717, 1.165) is 17.1 Å². The number of halogens is 1. The third-order valence-electron chi connectivity index (χ3n) is 3.00. The Morgan fingerprint density at radius 2 is 1.89 bits per heavy atom. The first-order valence-corrected chi connectivity index (χ1v) is 6.10. The topological polar surface area (TPSA) is 42.2 Å². The summed E-state index contributed by atoms with van der Waals surface area (Å²) in [6.07, 6.45) is 0. The predicted octanol–water partition coefficient (Wildman–Crippen LogP) is 3.53. The SMILES string of the molecule is Cc1cc(C(C)NC(=O)c2ccc(F)cc2)c(C)o1. The van der Waals surface area contributed by atoms with Crippen LogP contribution in [0, 0.1) is 19.7 Å². The van der Waals surface area contributed by atoms with Crippen molar-refractivity contribution in [3.63, 3.8) is 0 Å². The van der Waals surface area contributed by atoms with E-state index >= 15 is 0 Å². The van der Waals surface area contributed by atoms with Crippen molar-refractivity contribution in [2.24, 2.45) is 0 Å². The molecule has 3 nitrogen and oxygen atoms in total. The highest BCUT2D eigenvalue weighted by Crippen LogP contribution is 2.21. The molecule has 0 aliphatic rings. The van der Waals surface area contributed by atoms with E-state index in [2.05, 4.69) is 5.32 Å². The van der Waals surface area contributed by atoms with Gasteiger partial charge in [-0.15, -0.1) is 0 Å². The monoisotopic (exact) mass is 261 g/mol. The van der Waals surface area contributed by atoms with Crippen molar-refractivity contribution in [3.8, 4) is 0 Å². The average molecular weight is 261 g/mol. The third-order valence-corrected chi connectivity index (χ3v) is 3.00. The minimum atomic E-state index is -0.356. The van der Waals surface area contributed by atoms with Crippen molar-refractivity contribution in [2.75, 3.05) is 0 Å². The van der Waals surface area contributed by atoms with Crippen LogP contribution in [0.3, 0.4) is 0 Å². The Labute approximate surface area is 111 Å². The molecule has 0 aliphatic heterocycles. The maximum atomic E-state index is 12.8. The maximum absolute atomic E-state index is 12.8. The van der Waals surface area contributed by atoms with Gasteiger partial charge in [0.05, 0.1) is 6.04 Å². The lowest BCUT2D eigenvalue weighted by Gasteiger charge is -2.13. The van der Waals surface area contributed by atoms with E-state index in [0.29, 0.717) is 5.56 Å². The molecule has 100 valence electrons. The lowest BCUT2D eigenvalue weighted by Crippen LogP contribution is -2.26. The number of hydrogen-bond acceptors (Lipinski definition) is 2. The van der Waals surface area contributed by atoms with Crippen LogP contribution in [0.1, 0.15) is 40.4 Å². The van der Waals surface area contributed by atoms with Gasteiger partial charge in [-0.05, 0) is 51.1 Å². The second-order valence-electron chi connectivity index (χ2n) is 4.57. The van der Waals surface area contributed by atoms with Gasteiger partial charge in [0.15, 0.2) is 0 Å². The number of aryl methyl sites for hydroxylation is 2. The van der Waals surface area contributed by atoms with Gasteiger partial charge in [0, 0.05) is 11.1 Å². The van der Waals surface area contributed by atoms with Crippen molar-refractivity contribution in [3.05, 3.63) is 58.8 Å². The summed E-state index contributed by atoms with van der Waals surface area (Å²) < 4.78 is 18.2. The number of nitrogens with one attached hydrogen (secondary N) is 1. The van der Waals surface area contributed by atoms with E-state index in [4.69, 9.17) is 4.42 Å². The number of furan rings is 1. The molecule has 1 aromatic heterocycles. The van der Waals surface area contributed by atoms with Crippen molar-refractivity contribution < 1.29 is 13.6 Å². The van der Waals surface area contributed by atoms with Gasteiger partial charge < -0.3 is 9.73 Å². The molecular weight excluding hydrogens is 245 g/mol. The number of hydrogen-bond donors (Lipinski definition) is 1. The molecule has 1 N–H and O–H groups in total. The first-order chi connectivity index (χ1) is 8.97. The number of benzene rings is 1. The summed E-state index contributed by atoms with van der Waals surface area (Å²) in [6.45, 7) is 5.62. The Morgan fingerprint density at radius 3 is 2.42 bits per heavy atom. The highest BCUT2D eigenvalue weighted by Gasteiger charge is 2.15. The minimum Gasteiger partial charge on any atom is -0.466 e. The molecule has 1 unspecified atom stereocenters. The molecule has 0 bridgehead atoms. The molecule has 19 heavy (non-hydrogen) atoms. The van der Waals surface area contributed by atoms with Crippen molar-refractivity contribution in [2.45, 2.75) is 26.8 Å². The number of amides is 1. The zero-order chi connectivity index (χ0) is 14.0. The number of rotatable bonds is 3. The van der Waals surface area contributed by atoms with Gasteiger partial charge in [0.1, 0.15) is 17.3 Å². The largest absolute Gasteiger partial charge is 0.466 e. The molecule has 0 aliphatic carbocycles. The Kier molecular flexibility index (Phi) is 3.69. The van der Waals surface area contributed by atoms with Gasteiger partial charge in [0.25, 0.3) is 5.91 Å². The van der Waals surface area contributed by atoms with Gasteiger partial charge in [-0.25, -0.2) is 4.39 Å². The summed E-state index contributed by atoms with van der Waals surface area (Å²) in [4.78, 5) is 12.0. The molecule has 4 heteroatoms. The summed E-state index contributed by atoms with van der Waals surface area (Å²) in [6, 6.07) is 7.22. The van der Waals surface area contributed by atoms with Crippen LogP contribution in [0.5, 0.6) is 0 Å². The van der Waals surface area contributed by atoms with E-state index in [1.54, 1.807) is 0 Å². The second-order valence-corrected chi connectivity index (χ2v) is 4.57. The molecule has 0 spiro atoms. The fraction of sp³-hybridized carbons (Fsp3) is 0.267. The Morgan fingerprint density at radius 1 is 1.26 bits per heavy atom. The zero-order valence-corrected chi connectivity index (χ0v) is 11.2. The fourth-order valence-electron chi connectivity index (χ4n) is 2.04. The van der Waals surface area contributed by atoms with E-state index in [1.165, 1.54) is 24.3 Å².